The van der Waals surface area contributed by atoms with Gasteiger partial charge in [0, 0.05) is 17.7 Å². The van der Waals surface area contributed by atoms with Crippen LogP contribution in [0.2, 0.25) is 0 Å². The van der Waals surface area contributed by atoms with Gasteiger partial charge in [-0.3, -0.25) is 9.59 Å². The van der Waals surface area contributed by atoms with E-state index in [9.17, 15) is 14.7 Å². The number of aryl methyl sites for hydroxylation is 1. The van der Waals surface area contributed by atoms with Crippen molar-refractivity contribution in [3.8, 4) is 5.75 Å². The maximum atomic E-state index is 13.2. The fraction of sp³-hybridized carbons (Fsp3) is 0.429. The van der Waals surface area contributed by atoms with Crippen LogP contribution >= 0.6 is 0 Å². The number of aliphatic hydroxyl groups excluding tert-OH is 1. The molecule has 1 saturated heterocycles. The Morgan fingerprint density at radius 2 is 1.73 bits per heavy atom. The summed E-state index contributed by atoms with van der Waals surface area (Å²) in [4.78, 5) is 27.8. The first kappa shape index (κ1) is 24.6. The molecule has 1 aliphatic heterocycles. The summed E-state index contributed by atoms with van der Waals surface area (Å²) in [5.41, 5.74) is 3.33. The predicted octanol–water partition coefficient (Wildman–Crippen LogP) is 5.78. The molecule has 2 aromatic rings. The summed E-state index contributed by atoms with van der Waals surface area (Å²) >= 11 is 0. The summed E-state index contributed by atoms with van der Waals surface area (Å²) in [6.45, 7) is 10.8. The standard InChI is InChI=1S/C28H35NO4/c1-7-9-16-29-24(19-12-10-18(8-2)11-13-19)23(26(31)27(29)32)25(30)20-14-15-22(33-6)21(17-20)28(3,4)5/h10-15,17,24,30H,7-9,16H2,1-6H3/b25-23-. The van der Waals surface area contributed by atoms with Gasteiger partial charge in [0.25, 0.3) is 11.7 Å². The second kappa shape index (κ2) is 9.82. The zero-order valence-electron chi connectivity index (χ0n) is 20.6. The third-order valence-electron chi connectivity index (χ3n) is 6.28. The van der Waals surface area contributed by atoms with Crippen LogP contribution in [0.5, 0.6) is 5.75 Å². The van der Waals surface area contributed by atoms with E-state index in [4.69, 9.17) is 4.74 Å². The van der Waals surface area contributed by atoms with Crippen LogP contribution in [0.1, 0.15) is 75.8 Å². The molecule has 1 aliphatic rings. The number of ether oxygens (including phenoxy) is 1. The third kappa shape index (κ3) is 4.82. The molecule has 33 heavy (non-hydrogen) atoms. The summed E-state index contributed by atoms with van der Waals surface area (Å²) < 4.78 is 5.52. The van der Waals surface area contributed by atoms with Crippen molar-refractivity contribution in [1.82, 2.24) is 4.90 Å². The number of hydrogen-bond donors (Lipinski definition) is 1. The summed E-state index contributed by atoms with van der Waals surface area (Å²) in [6.07, 6.45) is 2.59. The second-order valence-electron chi connectivity index (χ2n) is 9.61. The SMILES string of the molecule is CCCCN1C(=O)C(=O)/C(=C(\O)c2ccc(OC)c(C(C)(C)C)c2)C1c1ccc(CC)cc1. The number of benzene rings is 2. The van der Waals surface area contributed by atoms with Gasteiger partial charge in [0.15, 0.2) is 0 Å². The molecule has 0 aliphatic carbocycles. The quantitative estimate of drug-likeness (QED) is 0.331. The zero-order chi connectivity index (χ0) is 24.3. The Morgan fingerprint density at radius 3 is 2.27 bits per heavy atom. The fourth-order valence-corrected chi connectivity index (χ4v) is 4.32. The van der Waals surface area contributed by atoms with Gasteiger partial charge >= 0.3 is 0 Å². The van der Waals surface area contributed by atoms with Crippen molar-refractivity contribution >= 4 is 17.4 Å². The number of aliphatic hydroxyl groups is 1. The first-order valence-corrected chi connectivity index (χ1v) is 11.7. The van der Waals surface area contributed by atoms with Crippen molar-refractivity contribution < 1.29 is 19.4 Å². The fourth-order valence-electron chi connectivity index (χ4n) is 4.32. The Kier molecular flexibility index (Phi) is 7.31. The molecule has 1 fully saturated rings. The molecule has 1 atom stereocenters. The summed E-state index contributed by atoms with van der Waals surface area (Å²) in [5, 5.41) is 11.4. The van der Waals surface area contributed by atoms with Gasteiger partial charge in [0.2, 0.25) is 0 Å². The average Bonchev–Trinajstić information content (AvgIpc) is 3.06. The highest BCUT2D eigenvalue weighted by Gasteiger charge is 2.45. The van der Waals surface area contributed by atoms with Gasteiger partial charge in [0.1, 0.15) is 11.5 Å². The lowest BCUT2D eigenvalue weighted by Gasteiger charge is -2.26. The molecule has 0 saturated carbocycles. The number of Topliss-reactive ketones (excluding diaryl/α,β-unsaturated/α-hetero) is 1. The van der Waals surface area contributed by atoms with Crippen molar-refractivity contribution in [3.63, 3.8) is 0 Å². The first-order chi connectivity index (χ1) is 15.6. The molecule has 1 amide bonds. The number of amides is 1. The molecule has 1 unspecified atom stereocenters. The Hall–Kier alpha value is -3.08. The molecule has 0 spiro atoms. The van der Waals surface area contributed by atoms with Crippen molar-refractivity contribution in [3.05, 3.63) is 70.3 Å². The lowest BCUT2D eigenvalue weighted by Crippen LogP contribution is -2.30. The van der Waals surface area contributed by atoms with Gasteiger partial charge in [0.05, 0.1) is 18.7 Å². The lowest BCUT2D eigenvalue weighted by molar-refractivity contribution is -0.139. The maximum Gasteiger partial charge on any atom is 0.295 e. The average molecular weight is 450 g/mol. The van der Waals surface area contributed by atoms with E-state index in [2.05, 4.69) is 27.7 Å². The molecule has 2 aromatic carbocycles. The van der Waals surface area contributed by atoms with Crippen LogP contribution in [0.4, 0.5) is 0 Å². The highest BCUT2D eigenvalue weighted by Crippen LogP contribution is 2.41. The summed E-state index contributed by atoms with van der Waals surface area (Å²) in [6, 6.07) is 12.7. The highest BCUT2D eigenvalue weighted by atomic mass is 16.5. The Morgan fingerprint density at radius 1 is 1.06 bits per heavy atom. The number of carbonyl (C=O) groups excluding carboxylic acids is 2. The monoisotopic (exact) mass is 449 g/mol. The largest absolute Gasteiger partial charge is 0.507 e. The number of hydrogen-bond acceptors (Lipinski definition) is 4. The van der Waals surface area contributed by atoms with E-state index < -0.39 is 17.7 Å². The van der Waals surface area contributed by atoms with Gasteiger partial charge < -0.3 is 14.7 Å². The van der Waals surface area contributed by atoms with Gasteiger partial charge in [-0.25, -0.2) is 0 Å². The van der Waals surface area contributed by atoms with E-state index in [0.717, 1.165) is 30.4 Å². The molecule has 1 heterocycles. The number of unbranched alkanes of at least 4 members (excludes halogenated alkanes) is 1. The van der Waals surface area contributed by atoms with E-state index in [0.29, 0.717) is 17.9 Å². The first-order valence-electron chi connectivity index (χ1n) is 11.7. The summed E-state index contributed by atoms with van der Waals surface area (Å²) in [5.74, 6) is -0.625. The maximum absolute atomic E-state index is 13.2. The second-order valence-corrected chi connectivity index (χ2v) is 9.61. The molecule has 0 aromatic heterocycles. The predicted molar refractivity (Wildman–Crippen MR) is 131 cm³/mol. The van der Waals surface area contributed by atoms with Crippen LogP contribution in [0, 0.1) is 0 Å². The molecule has 0 radical (unpaired) electrons. The molecule has 3 rings (SSSR count). The number of carbonyl (C=O) groups is 2. The number of methoxy groups -OCH3 is 1. The topological polar surface area (TPSA) is 66.8 Å². The van der Waals surface area contributed by atoms with Crippen LogP contribution in [-0.2, 0) is 21.4 Å². The van der Waals surface area contributed by atoms with Crippen molar-refractivity contribution in [2.45, 2.75) is 65.3 Å². The van der Waals surface area contributed by atoms with Crippen LogP contribution in [0.3, 0.4) is 0 Å². The van der Waals surface area contributed by atoms with E-state index in [1.165, 1.54) is 5.56 Å². The molecular formula is C28H35NO4. The van der Waals surface area contributed by atoms with Crippen molar-refractivity contribution in [2.24, 2.45) is 0 Å². The third-order valence-corrected chi connectivity index (χ3v) is 6.28. The smallest absolute Gasteiger partial charge is 0.295 e. The lowest BCUT2D eigenvalue weighted by atomic mass is 9.84. The van der Waals surface area contributed by atoms with E-state index in [1.807, 2.05) is 37.3 Å². The zero-order valence-corrected chi connectivity index (χ0v) is 20.6. The van der Waals surface area contributed by atoms with Gasteiger partial charge in [-0.1, -0.05) is 65.3 Å². The molecule has 5 heteroatoms. The summed E-state index contributed by atoms with van der Waals surface area (Å²) in [7, 11) is 1.61. The minimum Gasteiger partial charge on any atom is -0.507 e. The van der Waals surface area contributed by atoms with Crippen LogP contribution < -0.4 is 4.74 Å². The van der Waals surface area contributed by atoms with Crippen LogP contribution in [0.15, 0.2) is 48.0 Å². The van der Waals surface area contributed by atoms with E-state index in [-0.39, 0.29) is 16.7 Å². The minimum absolute atomic E-state index is 0.144. The van der Waals surface area contributed by atoms with Crippen molar-refractivity contribution in [2.75, 3.05) is 13.7 Å². The van der Waals surface area contributed by atoms with Crippen molar-refractivity contribution in [1.29, 1.82) is 0 Å². The molecule has 0 bridgehead atoms. The number of likely N-dealkylation sites (tertiary alicyclic amines) is 1. The van der Waals surface area contributed by atoms with Gasteiger partial charge in [-0.05, 0) is 47.6 Å². The number of nitrogens with zero attached hydrogens (tertiary/aromatic N) is 1. The number of rotatable bonds is 7. The Bertz CT molecular complexity index is 1060. The van der Waals surface area contributed by atoms with E-state index >= 15 is 0 Å². The number of ketones is 1. The van der Waals surface area contributed by atoms with Gasteiger partial charge in [-0.2, -0.15) is 0 Å². The molecule has 1 N–H and O–H groups in total. The Labute approximate surface area is 197 Å². The highest BCUT2D eigenvalue weighted by molar-refractivity contribution is 6.46. The molecule has 176 valence electrons. The molecule has 5 nitrogen and oxygen atoms in total. The minimum atomic E-state index is -0.638. The Balaban J connectivity index is 2.19. The van der Waals surface area contributed by atoms with Crippen LogP contribution in [0.25, 0.3) is 5.76 Å². The molecular weight excluding hydrogens is 414 g/mol. The van der Waals surface area contributed by atoms with Gasteiger partial charge in [-0.15, -0.1) is 0 Å². The van der Waals surface area contributed by atoms with Crippen LogP contribution in [-0.4, -0.2) is 35.4 Å². The normalized spacial score (nSPS) is 18.1. The van der Waals surface area contributed by atoms with E-state index in [1.54, 1.807) is 24.1 Å².